The fraction of sp³-hybridized carbons (Fsp3) is 0.462. The van der Waals surface area contributed by atoms with Gasteiger partial charge < -0.3 is 10.2 Å². The second-order valence-electron chi connectivity index (χ2n) is 4.41. The standard InChI is InChI=1S/C13H16O3/c14-12-8-9(2-1-3-13(15)16)4-7-11(12)10-5-6-10/h4,7-8,10,14H,1-3,5-6H2,(H,15,16). The summed E-state index contributed by atoms with van der Waals surface area (Å²) in [5.74, 6) is 0.155. The van der Waals surface area contributed by atoms with Gasteiger partial charge in [0, 0.05) is 6.42 Å². The first-order valence-corrected chi connectivity index (χ1v) is 5.70. The van der Waals surface area contributed by atoms with Crippen LogP contribution in [-0.2, 0) is 11.2 Å². The molecule has 0 aliphatic heterocycles. The molecule has 16 heavy (non-hydrogen) atoms. The van der Waals surface area contributed by atoms with Gasteiger partial charge in [0.25, 0.3) is 0 Å². The molecule has 0 saturated heterocycles. The average molecular weight is 220 g/mol. The minimum absolute atomic E-state index is 0.186. The van der Waals surface area contributed by atoms with Crippen LogP contribution >= 0.6 is 0 Å². The van der Waals surface area contributed by atoms with Crippen LogP contribution < -0.4 is 0 Å². The summed E-state index contributed by atoms with van der Waals surface area (Å²) in [5, 5.41) is 18.3. The van der Waals surface area contributed by atoms with E-state index in [2.05, 4.69) is 0 Å². The van der Waals surface area contributed by atoms with Crippen LogP contribution in [0.15, 0.2) is 18.2 Å². The van der Waals surface area contributed by atoms with Crippen LogP contribution in [0.4, 0.5) is 0 Å². The third-order valence-corrected chi connectivity index (χ3v) is 2.97. The summed E-state index contributed by atoms with van der Waals surface area (Å²) in [6.07, 6.45) is 3.87. The summed E-state index contributed by atoms with van der Waals surface area (Å²) in [6, 6.07) is 5.74. The molecule has 1 aromatic rings. The van der Waals surface area contributed by atoms with Crippen molar-refractivity contribution in [1.82, 2.24) is 0 Å². The number of hydrogen-bond donors (Lipinski definition) is 2. The molecule has 3 nitrogen and oxygen atoms in total. The first-order valence-electron chi connectivity index (χ1n) is 5.70. The van der Waals surface area contributed by atoms with Crippen LogP contribution in [0.5, 0.6) is 5.75 Å². The highest BCUT2D eigenvalue weighted by molar-refractivity contribution is 5.66. The van der Waals surface area contributed by atoms with E-state index in [9.17, 15) is 9.90 Å². The Balaban J connectivity index is 1.95. The highest BCUT2D eigenvalue weighted by Gasteiger charge is 2.25. The van der Waals surface area contributed by atoms with Crippen molar-refractivity contribution in [3.63, 3.8) is 0 Å². The molecule has 1 saturated carbocycles. The van der Waals surface area contributed by atoms with Gasteiger partial charge in [-0.05, 0) is 48.8 Å². The van der Waals surface area contributed by atoms with E-state index in [0.717, 1.165) is 11.1 Å². The number of hydrogen-bond acceptors (Lipinski definition) is 2. The third kappa shape index (κ3) is 2.75. The molecular formula is C13H16O3. The summed E-state index contributed by atoms with van der Waals surface area (Å²) in [5.41, 5.74) is 2.06. The molecule has 2 N–H and O–H groups in total. The van der Waals surface area contributed by atoms with E-state index in [-0.39, 0.29) is 6.42 Å². The van der Waals surface area contributed by atoms with Gasteiger partial charge in [-0.2, -0.15) is 0 Å². The lowest BCUT2D eigenvalue weighted by molar-refractivity contribution is -0.137. The molecule has 1 aliphatic rings. The zero-order valence-electron chi connectivity index (χ0n) is 9.15. The minimum Gasteiger partial charge on any atom is -0.508 e. The van der Waals surface area contributed by atoms with Gasteiger partial charge in [-0.3, -0.25) is 4.79 Å². The number of carbonyl (C=O) groups is 1. The fourth-order valence-electron chi connectivity index (χ4n) is 1.93. The van der Waals surface area contributed by atoms with Crippen LogP contribution in [-0.4, -0.2) is 16.2 Å². The number of phenols is 1. The Kier molecular flexibility index (Phi) is 3.13. The zero-order chi connectivity index (χ0) is 11.5. The topological polar surface area (TPSA) is 57.5 Å². The Labute approximate surface area is 94.7 Å². The molecule has 86 valence electrons. The second kappa shape index (κ2) is 4.56. The van der Waals surface area contributed by atoms with E-state index in [1.54, 1.807) is 6.07 Å². The predicted molar refractivity (Wildman–Crippen MR) is 60.7 cm³/mol. The summed E-state index contributed by atoms with van der Waals surface area (Å²) in [6.45, 7) is 0. The fourth-order valence-corrected chi connectivity index (χ4v) is 1.93. The molecule has 0 amide bonds. The maximum absolute atomic E-state index is 10.4. The Morgan fingerprint density at radius 3 is 2.69 bits per heavy atom. The molecule has 0 bridgehead atoms. The minimum atomic E-state index is -0.765. The lowest BCUT2D eigenvalue weighted by Gasteiger charge is -2.05. The van der Waals surface area contributed by atoms with Crippen molar-refractivity contribution in [2.75, 3.05) is 0 Å². The Bertz CT molecular complexity index is 394. The van der Waals surface area contributed by atoms with Crippen molar-refractivity contribution in [1.29, 1.82) is 0 Å². The van der Waals surface area contributed by atoms with Gasteiger partial charge in [0.05, 0.1) is 0 Å². The number of aromatic hydroxyl groups is 1. The van der Waals surface area contributed by atoms with Gasteiger partial charge >= 0.3 is 5.97 Å². The number of aryl methyl sites for hydroxylation is 1. The van der Waals surface area contributed by atoms with Crippen LogP contribution in [0.3, 0.4) is 0 Å². The van der Waals surface area contributed by atoms with Crippen LogP contribution in [0.1, 0.15) is 42.7 Å². The quantitative estimate of drug-likeness (QED) is 0.802. The van der Waals surface area contributed by atoms with Crippen LogP contribution in [0, 0.1) is 0 Å². The summed E-state index contributed by atoms with van der Waals surface area (Å²) in [4.78, 5) is 10.4. The van der Waals surface area contributed by atoms with Gasteiger partial charge in [-0.25, -0.2) is 0 Å². The average Bonchev–Trinajstić information content (AvgIpc) is 3.01. The van der Waals surface area contributed by atoms with Crippen molar-refractivity contribution in [3.8, 4) is 5.75 Å². The van der Waals surface area contributed by atoms with Crippen molar-refractivity contribution >= 4 is 5.97 Å². The second-order valence-corrected chi connectivity index (χ2v) is 4.41. The van der Waals surface area contributed by atoms with Gasteiger partial charge in [0.2, 0.25) is 0 Å². The summed E-state index contributed by atoms with van der Waals surface area (Å²) < 4.78 is 0. The number of aliphatic carboxylic acids is 1. The Hall–Kier alpha value is -1.51. The molecular weight excluding hydrogens is 204 g/mol. The van der Waals surface area contributed by atoms with E-state index in [4.69, 9.17) is 5.11 Å². The molecule has 0 spiro atoms. The number of carboxylic acids is 1. The summed E-state index contributed by atoms with van der Waals surface area (Å²) >= 11 is 0. The molecule has 0 heterocycles. The predicted octanol–water partition coefficient (Wildman–Crippen LogP) is 2.68. The van der Waals surface area contributed by atoms with Gasteiger partial charge in [-0.1, -0.05) is 12.1 Å². The van der Waals surface area contributed by atoms with E-state index in [1.165, 1.54) is 12.8 Å². The Morgan fingerprint density at radius 2 is 2.12 bits per heavy atom. The molecule has 0 unspecified atom stereocenters. The third-order valence-electron chi connectivity index (χ3n) is 2.97. The maximum Gasteiger partial charge on any atom is 0.303 e. The molecule has 1 aliphatic carbocycles. The van der Waals surface area contributed by atoms with Crippen molar-refractivity contribution in [2.45, 2.75) is 38.0 Å². The monoisotopic (exact) mass is 220 g/mol. The first kappa shape index (κ1) is 11.0. The number of benzene rings is 1. The first-order chi connectivity index (χ1) is 7.66. The SMILES string of the molecule is O=C(O)CCCc1ccc(C2CC2)c(O)c1. The van der Waals surface area contributed by atoms with E-state index in [0.29, 0.717) is 24.5 Å². The normalized spacial score (nSPS) is 15.0. The lowest BCUT2D eigenvalue weighted by Crippen LogP contribution is -1.96. The van der Waals surface area contributed by atoms with Gasteiger partial charge in [0.1, 0.15) is 5.75 Å². The maximum atomic E-state index is 10.4. The summed E-state index contributed by atoms with van der Waals surface area (Å²) in [7, 11) is 0. The molecule has 1 aromatic carbocycles. The van der Waals surface area contributed by atoms with Gasteiger partial charge in [-0.15, -0.1) is 0 Å². The lowest BCUT2D eigenvalue weighted by atomic mass is 10.0. The molecule has 2 rings (SSSR count). The van der Waals surface area contributed by atoms with Gasteiger partial charge in [0.15, 0.2) is 0 Å². The highest BCUT2D eigenvalue weighted by Crippen LogP contribution is 2.44. The van der Waals surface area contributed by atoms with E-state index >= 15 is 0 Å². The smallest absolute Gasteiger partial charge is 0.303 e. The Morgan fingerprint density at radius 1 is 1.38 bits per heavy atom. The van der Waals surface area contributed by atoms with Crippen LogP contribution in [0.25, 0.3) is 0 Å². The van der Waals surface area contributed by atoms with Crippen LogP contribution in [0.2, 0.25) is 0 Å². The van der Waals surface area contributed by atoms with E-state index in [1.807, 2.05) is 12.1 Å². The number of rotatable bonds is 5. The molecule has 0 radical (unpaired) electrons. The largest absolute Gasteiger partial charge is 0.508 e. The number of phenolic OH excluding ortho intramolecular Hbond substituents is 1. The number of carboxylic acid groups (broad SMARTS) is 1. The molecule has 3 heteroatoms. The highest BCUT2D eigenvalue weighted by atomic mass is 16.4. The van der Waals surface area contributed by atoms with Crippen molar-refractivity contribution in [2.24, 2.45) is 0 Å². The van der Waals surface area contributed by atoms with Crippen molar-refractivity contribution < 1.29 is 15.0 Å². The molecule has 0 atom stereocenters. The van der Waals surface area contributed by atoms with Crippen molar-refractivity contribution in [3.05, 3.63) is 29.3 Å². The zero-order valence-corrected chi connectivity index (χ0v) is 9.15. The molecule has 0 aromatic heterocycles. The molecule has 1 fully saturated rings. The van der Waals surface area contributed by atoms with E-state index < -0.39 is 5.97 Å².